The van der Waals surface area contributed by atoms with Crippen LogP contribution in [0, 0.1) is 5.92 Å². The van der Waals surface area contributed by atoms with Crippen molar-refractivity contribution in [2.75, 3.05) is 0 Å². The molecule has 19 heavy (non-hydrogen) atoms. The van der Waals surface area contributed by atoms with Crippen molar-refractivity contribution >= 4 is 0 Å². The van der Waals surface area contributed by atoms with Crippen LogP contribution in [0.15, 0.2) is 0 Å². The van der Waals surface area contributed by atoms with Gasteiger partial charge in [-0.2, -0.15) is 0 Å². The van der Waals surface area contributed by atoms with Gasteiger partial charge in [0.2, 0.25) is 0 Å². The minimum Gasteiger partial charge on any atom is -0.393 e. The van der Waals surface area contributed by atoms with E-state index >= 15 is 0 Å². The zero-order valence-electron chi connectivity index (χ0n) is 13.8. The molecule has 0 spiro atoms. The number of aliphatic hydroxyl groups excluding tert-OH is 1. The Bertz CT molecular complexity index is 167. The third-order valence-corrected chi connectivity index (χ3v) is 4.33. The molecule has 0 aliphatic heterocycles. The second-order valence-corrected chi connectivity index (χ2v) is 6.14. The Kier molecular flexibility index (Phi) is 14.3. The van der Waals surface area contributed by atoms with Gasteiger partial charge in [-0.05, 0) is 18.8 Å². The second kappa shape index (κ2) is 14.4. The first-order valence-electron chi connectivity index (χ1n) is 8.94. The molecule has 0 aromatic carbocycles. The molecule has 1 nitrogen and oxygen atoms in total. The summed E-state index contributed by atoms with van der Waals surface area (Å²) in [5, 5.41) is 10.1. The van der Waals surface area contributed by atoms with Gasteiger partial charge in [-0.25, -0.2) is 0 Å². The van der Waals surface area contributed by atoms with E-state index in [1.807, 2.05) is 0 Å². The van der Waals surface area contributed by atoms with Gasteiger partial charge < -0.3 is 5.11 Å². The molecule has 0 aromatic heterocycles. The van der Waals surface area contributed by atoms with Gasteiger partial charge in [-0.1, -0.05) is 91.4 Å². The number of aliphatic hydroxyl groups is 1. The maximum atomic E-state index is 10.1. The monoisotopic (exact) mass is 270 g/mol. The van der Waals surface area contributed by atoms with Crippen LogP contribution in [-0.2, 0) is 0 Å². The van der Waals surface area contributed by atoms with E-state index in [0.29, 0.717) is 5.92 Å². The Morgan fingerprint density at radius 2 is 1.16 bits per heavy atom. The van der Waals surface area contributed by atoms with Crippen LogP contribution in [0.3, 0.4) is 0 Å². The molecule has 0 heterocycles. The van der Waals surface area contributed by atoms with Crippen molar-refractivity contribution in [1.29, 1.82) is 0 Å². The zero-order valence-corrected chi connectivity index (χ0v) is 13.8. The van der Waals surface area contributed by atoms with Crippen molar-refractivity contribution in [2.45, 2.75) is 110 Å². The smallest absolute Gasteiger partial charge is 0.0568 e. The molecule has 0 bridgehead atoms. The Balaban J connectivity index is 3.33. The van der Waals surface area contributed by atoms with Gasteiger partial charge in [0, 0.05) is 0 Å². The maximum absolute atomic E-state index is 10.1. The fourth-order valence-corrected chi connectivity index (χ4v) is 2.94. The standard InChI is InChI=1S/C18H38O/c1-4-7-8-9-10-11-12-13-14-16-18(19)17(6-3)15-5-2/h17-19H,4-16H2,1-3H3. The van der Waals surface area contributed by atoms with Gasteiger partial charge in [0.1, 0.15) is 0 Å². The van der Waals surface area contributed by atoms with E-state index in [1.54, 1.807) is 0 Å². The molecule has 0 radical (unpaired) electrons. The summed E-state index contributed by atoms with van der Waals surface area (Å²) in [6.07, 6.45) is 16.8. The molecule has 0 saturated carbocycles. The molecular formula is C18H38O. The number of unbranched alkanes of at least 4 members (excludes halogenated alkanes) is 8. The van der Waals surface area contributed by atoms with Crippen molar-refractivity contribution in [2.24, 2.45) is 5.92 Å². The lowest BCUT2D eigenvalue weighted by atomic mass is 9.91. The van der Waals surface area contributed by atoms with Gasteiger partial charge >= 0.3 is 0 Å². The number of rotatable bonds is 14. The quantitative estimate of drug-likeness (QED) is 0.378. The summed E-state index contributed by atoms with van der Waals surface area (Å²) in [5.41, 5.74) is 0. The number of hydrogen-bond acceptors (Lipinski definition) is 1. The molecule has 1 heteroatoms. The molecule has 0 aliphatic rings. The summed E-state index contributed by atoms with van der Waals surface area (Å²) in [6.45, 7) is 6.70. The van der Waals surface area contributed by atoms with Crippen molar-refractivity contribution in [3.8, 4) is 0 Å². The topological polar surface area (TPSA) is 20.2 Å². The van der Waals surface area contributed by atoms with E-state index in [-0.39, 0.29) is 6.10 Å². The van der Waals surface area contributed by atoms with Crippen molar-refractivity contribution in [1.82, 2.24) is 0 Å². The number of hydrogen-bond donors (Lipinski definition) is 1. The highest BCUT2D eigenvalue weighted by molar-refractivity contribution is 4.67. The van der Waals surface area contributed by atoms with Crippen LogP contribution in [0.1, 0.15) is 104 Å². The van der Waals surface area contributed by atoms with E-state index in [0.717, 1.165) is 12.8 Å². The summed E-state index contributed by atoms with van der Waals surface area (Å²) in [7, 11) is 0. The zero-order chi connectivity index (χ0) is 14.3. The van der Waals surface area contributed by atoms with Crippen LogP contribution < -0.4 is 0 Å². The van der Waals surface area contributed by atoms with Crippen LogP contribution in [-0.4, -0.2) is 11.2 Å². The predicted octanol–water partition coefficient (Wildman–Crippen LogP) is 6.09. The molecule has 0 fully saturated rings. The molecule has 1 N–H and O–H groups in total. The summed E-state index contributed by atoms with van der Waals surface area (Å²) < 4.78 is 0. The first-order chi connectivity index (χ1) is 9.26. The molecule has 0 aliphatic carbocycles. The van der Waals surface area contributed by atoms with Gasteiger partial charge in [-0.3, -0.25) is 0 Å². The lowest BCUT2D eigenvalue weighted by Crippen LogP contribution is -2.19. The van der Waals surface area contributed by atoms with E-state index in [9.17, 15) is 5.11 Å². The highest BCUT2D eigenvalue weighted by atomic mass is 16.3. The first-order valence-corrected chi connectivity index (χ1v) is 8.94. The van der Waals surface area contributed by atoms with Crippen molar-refractivity contribution in [3.63, 3.8) is 0 Å². The molecule has 2 unspecified atom stereocenters. The fourth-order valence-electron chi connectivity index (χ4n) is 2.94. The SMILES string of the molecule is CCCCCCCCCCCC(O)C(CC)CCC. The maximum Gasteiger partial charge on any atom is 0.0568 e. The predicted molar refractivity (Wildman–Crippen MR) is 86.5 cm³/mol. The Morgan fingerprint density at radius 1 is 0.632 bits per heavy atom. The minimum absolute atomic E-state index is 0.0468. The van der Waals surface area contributed by atoms with Crippen molar-refractivity contribution in [3.05, 3.63) is 0 Å². The Labute approximate surface area is 122 Å². The fraction of sp³-hybridized carbons (Fsp3) is 1.00. The van der Waals surface area contributed by atoms with Crippen LogP contribution in [0.5, 0.6) is 0 Å². The lowest BCUT2D eigenvalue weighted by molar-refractivity contribution is 0.0883. The third-order valence-electron chi connectivity index (χ3n) is 4.33. The molecule has 0 rings (SSSR count). The average molecular weight is 271 g/mol. The summed E-state index contributed by atoms with van der Waals surface area (Å²) in [6, 6.07) is 0. The van der Waals surface area contributed by atoms with Gasteiger partial charge in [0.05, 0.1) is 6.10 Å². The molecule has 0 aromatic rings. The Hall–Kier alpha value is -0.0400. The van der Waals surface area contributed by atoms with Crippen LogP contribution in [0.2, 0.25) is 0 Å². The second-order valence-electron chi connectivity index (χ2n) is 6.14. The van der Waals surface area contributed by atoms with E-state index in [1.165, 1.54) is 70.6 Å². The highest BCUT2D eigenvalue weighted by Gasteiger charge is 2.15. The van der Waals surface area contributed by atoms with Gasteiger partial charge in [0.25, 0.3) is 0 Å². The summed E-state index contributed by atoms with van der Waals surface area (Å²) >= 11 is 0. The molecule has 116 valence electrons. The minimum atomic E-state index is -0.0468. The van der Waals surface area contributed by atoms with E-state index in [4.69, 9.17) is 0 Å². The van der Waals surface area contributed by atoms with E-state index in [2.05, 4.69) is 20.8 Å². The summed E-state index contributed by atoms with van der Waals surface area (Å²) in [5.74, 6) is 0.541. The normalized spacial score (nSPS) is 14.5. The van der Waals surface area contributed by atoms with E-state index < -0.39 is 0 Å². The molecule has 0 amide bonds. The first kappa shape index (κ1) is 19.0. The highest BCUT2D eigenvalue weighted by Crippen LogP contribution is 2.20. The van der Waals surface area contributed by atoms with Crippen molar-refractivity contribution < 1.29 is 5.11 Å². The lowest BCUT2D eigenvalue weighted by Gasteiger charge is -2.20. The average Bonchev–Trinajstić information content (AvgIpc) is 2.42. The summed E-state index contributed by atoms with van der Waals surface area (Å²) in [4.78, 5) is 0. The Morgan fingerprint density at radius 3 is 1.63 bits per heavy atom. The largest absolute Gasteiger partial charge is 0.393 e. The third kappa shape index (κ3) is 11.5. The van der Waals surface area contributed by atoms with Crippen LogP contribution >= 0.6 is 0 Å². The van der Waals surface area contributed by atoms with Gasteiger partial charge in [-0.15, -0.1) is 0 Å². The molecule has 0 saturated heterocycles. The van der Waals surface area contributed by atoms with Crippen LogP contribution in [0.4, 0.5) is 0 Å². The molecular weight excluding hydrogens is 232 g/mol. The molecule has 2 atom stereocenters. The van der Waals surface area contributed by atoms with Crippen LogP contribution in [0.25, 0.3) is 0 Å². The van der Waals surface area contributed by atoms with Gasteiger partial charge in [0.15, 0.2) is 0 Å².